The monoisotopic (exact) mass is 277 g/mol. The van der Waals surface area contributed by atoms with Crippen LogP contribution in [0.5, 0.6) is 0 Å². The second kappa shape index (κ2) is 4.68. The van der Waals surface area contributed by atoms with E-state index in [-0.39, 0.29) is 5.56 Å². The maximum absolute atomic E-state index is 13.6. The number of thiophene rings is 1. The molecule has 1 atom stereocenters. The van der Waals surface area contributed by atoms with Crippen molar-refractivity contribution in [1.82, 2.24) is 4.98 Å². The summed E-state index contributed by atoms with van der Waals surface area (Å²) in [5.41, 5.74) is 1.36. The molecule has 0 spiro atoms. The molecule has 5 heteroatoms. The Bertz CT molecular complexity index is 741. The van der Waals surface area contributed by atoms with Crippen molar-refractivity contribution in [3.63, 3.8) is 0 Å². The molecule has 1 N–H and O–H groups in total. The van der Waals surface area contributed by atoms with Gasteiger partial charge in [-0.3, -0.25) is 4.98 Å². The van der Waals surface area contributed by atoms with E-state index >= 15 is 0 Å². The summed E-state index contributed by atoms with van der Waals surface area (Å²) < 4.78 is 27.4. The number of fused-ring (bicyclic) bond motifs is 1. The lowest BCUT2D eigenvalue weighted by atomic mass is 10.0. The first kappa shape index (κ1) is 12.2. The lowest BCUT2D eigenvalue weighted by Gasteiger charge is -2.12. The molecule has 0 fully saturated rings. The molecule has 0 aliphatic carbocycles. The van der Waals surface area contributed by atoms with Gasteiger partial charge in [0.15, 0.2) is 0 Å². The molecule has 2 aromatic heterocycles. The third-order valence-electron chi connectivity index (χ3n) is 2.90. The van der Waals surface area contributed by atoms with Gasteiger partial charge in [0.1, 0.15) is 17.7 Å². The van der Waals surface area contributed by atoms with Crippen molar-refractivity contribution < 1.29 is 13.9 Å². The third kappa shape index (κ3) is 2.22. The number of nitrogens with zero attached hydrogens (tertiary/aromatic N) is 1. The lowest BCUT2D eigenvalue weighted by molar-refractivity contribution is 0.214. The van der Waals surface area contributed by atoms with Gasteiger partial charge in [-0.2, -0.15) is 0 Å². The van der Waals surface area contributed by atoms with Gasteiger partial charge < -0.3 is 5.11 Å². The summed E-state index contributed by atoms with van der Waals surface area (Å²) in [5, 5.41) is 12.1. The van der Waals surface area contributed by atoms with Gasteiger partial charge in [0.2, 0.25) is 0 Å². The molecule has 3 aromatic rings. The van der Waals surface area contributed by atoms with E-state index in [1.807, 2.05) is 11.4 Å². The highest BCUT2D eigenvalue weighted by Crippen LogP contribution is 2.28. The molecule has 19 heavy (non-hydrogen) atoms. The van der Waals surface area contributed by atoms with Crippen LogP contribution in [0.1, 0.15) is 17.2 Å². The summed E-state index contributed by atoms with van der Waals surface area (Å²) in [6, 6.07) is 6.76. The number of benzene rings is 1. The maximum Gasteiger partial charge on any atom is 0.132 e. The normalized spacial score (nSPS) is 12.8. The second-order valence-corrected chi connectivity index (χ2v) is 5.09. The highest BCUT2D eigenvalue weighted by molar-refractivity contribution is 7.17. The van der Waals surface area contributed by atoms with E-state index in [1.165, 1.54) is 23.6 Å². The van der Waals surface area contributed by atoms with Gasteiger partial charge in [-0.1, -0.05) is 6.07 Å². The van der Waals surface area contributed by atoms with E-state index in [2.05, 4.69) is 4.98 Å². The van der Waals surface area contributed by atoms with Crippen molar-refractivity contribution in [1.29, 1.82) is 0 Å². The standard InChI is InChI=1S/C14H9F2NOS/c15-9-1-2-10(11(16)6-9)14(18)8-5-13-12(17-7-8)3-4-19-13/h1-7,14,18H. The molecule has 2 heterocycles. The van der Waals surface area contributed by atoms with Crippen molar-refractivity contribution in [3.8, 4) is 0 Å². The Morgan fingerprint density at radius 2 is 2.00 bits per heavy atom. The summed E-state index contributed by atoms with van der Waals surface area (Å²) in [4.78, 5) is 4.19. The molecule has 0 radical (unpaired) electrons. The first-order valence-corrected chi connectivity index (χ1v) is 6.49. The highest BCUT2D eigenvalue weighted by atomic mass is 32.1. The van der Waals surface area contributed by atoms with E-state index in [0.29, 0.717) is 5.56 Å². The van der Waals surface area contributed by atoms with E-state index in [9.17, 15) is 13.9 Å². The largest absolute Gasteiger partial charge is 0.383 e. The summed E-state index contributed by atoms with van der Waals surface area (Å²) >= 11 is 1.49. The molecule has 96 valence electrons. The zero-order valence-corrected chi connectivity index (χ0v) is 10.5. The topological polar surface area (TPSA) is 33.1 Å². The molecular weight excluding hydrogens is 268 g/mol. The van der Waals surface area contributed by atoms with Crippen LogP contribution in [-0.4, -0.2) is 10.1 Å². The Morgan fingerprint density at radius 1 is 1.16 bits per heavy atom. The molecule has 3 rings (SSSR count). The fourth-order valence-corrected chi connectivity index (χ4v) is 2.70. The van der Waals surface area contributed by atoms with Crippen molar-refractivity contribution in [3.05, 3.63) is 64.7 Å². The van der Waals surface area contributed by atoms with Crippen LogP contribution >= 0.6 is 11.3 Å². The summed E-state index contributed by atoms with van der Waals surface area (Å²) in [5.74, 6) is -1.43. The van der Waals surface area contributed by atoms with Crippen LogP contribution in [0.4, 0.5) is 8.78 Å². The van der Waals surface area contributed by atoms with Crippen molar-refractivity contribution >= 4 is 21.6 Å². The molecule has 1 aromatic carbocycles. The summed E-state index contributed by atoms with van der Waals surface area (Å²) in [7, 11) is 0. The minimum absolute atomic E-state index is 0.0408. The van der Waals surface area contributed by atoms with Crippen LogP contribution in [0.2, 0.25) is 0 Å². The van der Waals surface area contributed by atoms with Gasteiger partial charge in [0.05, 0.1) is 10.2 Å². The number of aliphatic hydroxyl groups excluding tert-OH is 1. The molecular formula is C14H9F2NOS. The van der Waals surface area contributed by atoms with E-state index in [0.717, 1.165) is 22.3 Å². The second-order valence-electron chi connectivity index (χ2n) is 4.14. The van der Waals surface area contributed by atoms with Crippen LogP contribution in [-0.2, 0) is 0 Å². The van der Waals surface area contributed by atoms with E-state index in [1.54, 1.807) is 6.07 Å². The van der Waals surface area contributed by atoms with E-state index in [4.69, 9.17) is 0 Å². The first-order valence-electron chi connectivity index (χ1n) is 5.61. The van der Waals surface area contributed by atoms with Crippen LogP contribution in [0, 0.1) is 11.6 Å². The Kier molecular flexibility index (Phi) is 3.00. The molecule has 1 unspecified atom stereocenters. The Labute approximate surface area is 112 Å². The fourth-order valence-electron chi connectivity index (χ4n) is 1.91. The van der Waals surface area contributed by atoms with Crippen LogP contribution in [0.25, 0.3) is 10.2 Å². The minimum Gasteiger partial charge on any atom is -0.383 e. The van der Waals surface area contributed by atoms with Gasteiger partial charge in [-0.25, -0.2) is 8.78 Å². The average Bonchev–Trinajstić information content (AvgIpc) is 2.85. The fraction of sp³-hybridized carbons (Fsp3) is 0.0714. The van der Waals surface area contributed by atoms with Crippen molar-refractivity contribution in [2.24, 2.45) is 0 Å². The zero-order chi connectivity index (χ0) is 13.4. The number of aliphatic hydroxyl groups is 1. The molecule has 0 saturated carbocycles. The third-order valence-corrected chi connectivity index (χ3v) is 3.75. The lowest BCUT2D eigenvalue weighted by Crippen LogP contribution is -2.03. The Hall–Kier alpha value is -1.85. The van der Waals surface area contributed by atoms with Crippen LogP contribution < -0.4 is 0 Å². The molecule has 0 amide bonds. The zero-order valence-electron chi connectivity index (χ0n) is 9.68. The molecule has 0 saturated heterocycles. The molecule has 0 aliphatic heterocycles. The molecule has 0 bridgehead atoms. The van der Waals surface area contributed by atoms with Gasteiger partial charge >= 0.3 is 0 Å². The number of aromatic nitrogens is 1. The minimum atomic E-state index is -1.15. The van der Waals surface area contributed by atoms with Crippen molar-refractivity contribution in [2.45, 2.75) is 6.10 Å². The first-order chi connectivity index (χ1) is 9.15. The smallest absolute Gasteiger partial charge is 0.132 e. The Morgan fingerprint density at radius 3 is 2.79 bits per heavy atom. The van der Waals surface area contributed by atoms with Crippen LogP contribution in [0.15, 0.2) is 41.9 Å². The average molecular weight is 277 g/mol. The quantitative estimate of drug-likeness (QED) is 0.775. The number of halogens is 2. The van der Waals surface area contributed by atoms with Crippen molar-refractivity contribution in [2.75, 3.05) is 0 Å². The molecule has 0 aliphatic rings. The van der Waals surface area contributed by atoms with Gasteiger partial charge in [-0.05, 0) is 23.6 Å². The van der Waals surface area contributed by atoms with Crippen LogP contribution in [0.3, 0.4) is 0 Å². The maximum atomic E-state index is 13.6. The predicted octanol–water partition coefficient (Wildman–Crippen LogP) is 3.66. The van der Waals surface area contributed by atoms with E-state index < -0.39 is 17.7 Å². The predicted molar refractivity (Wildman–Crippen MR) is 70.0 cm³/mol. The Balaban J connectivity index is 2.04. The summed E-state index contributed by atoms with van der Waals surface area (Å²) in [6.45, 7) is 0. The number of pyridine rings is 1. The van der Waals surface area contributed by atoms with Gasteiger partial charge in [0.25, 0.3) is 0 Å². The number of hydrogen-bond acceptors (Lipinski definition) is 3. The van der Waals surface area contributed by atoms with Gasteiger partial charge in [-0.15, -0.1) is 11.3 Å². The number of rotatable bonds is 2. The SMILES string of the molecule is OC(c1cnc2ccsc2c1)c1ccc(F)cc1F. The number of hydrogen-bond donors (Lipinski definition) is 1. The highest BCUT2D eigenvalue weighted by Gasteiger charge is 2.16. The summed E-state index contributed by atoms with van der Waals surface area (Å²) in [6.07, 6.45) is 0.349. The molecule has 2 nitrogen and oxygen atoms in total. The van der Waals surface area contributed by atoms with Gasteiger partial charge in [0, 0.05) is 23.4 Å².